The van der Waals surface area contributed by atoms with E-state index in [1.807, 2.05) is 13.8 Å². The molecule has 0 saturated carbocycles. The van der Waals surface area contributed by atoms with E-state index in [0.717, 1.165) is 12.3 Å². The molecule has 0 aromatic heterocycles. The van der Waals surface area contributed by atoms with Crippen LogP contribution >= 0.6 is 0 Å². The standard InChI is InChI=1S/C13H18FNO4S/c1-8(2)6-12(13(16)17)15-11-5-4-9(7-10(11)14)20(3,18)19/h4-5,7-8,12,15H,6H2,1-3H3,(H,16,17). The Morgan fingerprint density at radius 1 is 1.40 bits per heavy atom. The number of nitrogens with one attached hydrogen (secondary N) is 1. The first kappa shape index (κ1) is 16.4. The first-order chi connectivity index (χ1) is 9.11. The summed E-state index contributed by atoms with van der Waals surface area (Å²) in [5, 5.41) is 11.7. The van der Waals surface area contributed by atoms with E-state index in [9.17, 15) is 17.6 Å². The Morgan fingerprint density at radius 2 is 2.00 bits per heavy atom. The highest BCUT2D eigenvalue weighted by Crippen LogP contribution is 2.21. The third-order valence-electron chi connectivity index (χ3n) is 2.70. The zero-order valence-electron chi connectivity index (χ0n) is 11.6. The lowest BCUT2D eigenvalue weighted by molar-refractivity contribution is -0.138. The molecule has 112 valence electrons. The van der Waals surface area contributed by atoms with Gasteiger partial charge in [0, 0.05) is 6.26 Å². The number of carboxylic acids is 1. The van der Waals surface area contributed by atoms with E-state index >= 15 is 0 Å². The molecule has 0 heterocycles. The molecule has 1 unspecified atom stereocenters. The molecular formula is C13H18FNO4S. The van der Waals surface area contributed by atoms with E-state index < -0.39 is 27.7 Å². The lowest BCUT2D eigenvalue weighted by Crippen LogP contribution is -2.31. The largest absolute Gasteiger partial charge is 0.480 e. The molecule has 1 rings (SSSR count). The number of anilines is 1. The number of carbonyl (C=O) groups is 1. The summed E-state index contributed by atoms with van der Waals surface area (Å²) in [5.41, 5.74) is -0.0227. The van der Waals surface area contributed by atoms with Crippen LogP contribution in [0.25, 0.3) is 0 Å². The van der Waals surface area contributed by atoms with Gasteiger partial charge in [0.1, 0.15) is 11.9 Å². The Kier molecular flexibility index (Phi) is 5.10. The first-order valence-corrected chi connectivity index (χ1v) is 7.99. The van der Waals surface area contributed by atoms with Crippen LogP contribution in [-0.2, 0) is 14.6 Å². The van der Waals surface area contributed by atoms with Crippen molar-refractivity contribution >= 4 is 21.5 Å². The van der Waals surface area contributed by atoms with Crippen LogP contribution < -0.4 is 5.32 Å². The molecule has 0 aliphatic rings. The van der Waals surface area contributed by atoms with Crippen molar-refractivity contribution in [1.29, 1.82) is 0 Å². The van der Waals surface area contributed by atoms with E-state index in [1.54, 1.807) is 0 Å². The fourth-order valence-electron chi connectivity index (χ4n) is 1.72. The van der Waals surface area contributed by atoms with Gasteiger partial charge in [-0.15, -0.1) is 0 Å². The molecular weight excluding hydrogens is 285 g/mol. The Labute approximate surface area is 117 Å². The van der Waals surface area contributed by atoms with Crippen molar-refractivity contribution < 1.29 is 22.7 Å². The van der Waals surface area contributed by atoms with Crippen LogP contribution in [0.1, 0.15) is 20.3 Å². The molecule has 1 atom stereocenters. The molecule has 2 N–H and O–H groups in total. The van der Waals surface area contributed by atoms with E-state index in [4.69, 9.17) is 5.11 Å². The molecule has 1 aromatic carbocycles. The molecule has 0 fully saturated rings. The quantitative estimate of drug-likeness (QED) is 0.841. The van der Waals surface area contributed by atoms with Crippen molar-refractivity contribution in [2.24, 2.45) is 5.92 Å². The third-order valence-corrected chi connectivity index (χ3v) is 3.81. The van der Waals surface area contributed by atoms with Crippen molar-refractivity contribution in [3.05, 3.63) is 24.0 Å². The van der Waals surface area contributed by atoms with Gasteiger partial charge >= 0.3 is 5.97 Å². The predicted molar refractivity (Wildman–Crippen MR) is 74.0 cm³/mol. The number of hydrogen-bond acceptors (Lipinski definition) is 4. The lowest BCUT2D eigenvalue weighted by atomic mass is 10.0. The molecule has 7 heteroatoms. The minimum absolute atomic E-state index is 0.0227. The fourth-order valence-corrected chi connectivity index (χ4v) is 2.36. The SMILES string of the molecule is CC(C)CC(Nc1ccc(S(C)(=O)=O)cc1F)C(=O)O. The number of rotatable bonds is 6. The minimum atomic E-state index is -3.49. The van der Waals surface area contributed by atoms with Crippen LogP contribution in [0.2, 0.25) is 0 Å². The average molecular weight is 303 g/mol. The maximum absolute atomic E-state index is 13.8. The summed E-state index contributed by atoms with van der Waals surface area (Å²) in [7, 11) is -3.49. The van der Waals surface area contributed by atoms with Crippen LogP contribution in [0, 0.1) is 11.7 Å². The summed E-state index contributed by atoms with van der Waals surface area (Å²) in [6.07, 6.45) is 1.32. The van der Waals surface area contributed by atoms with Gasteiger partial charge in [-0.05, 0) is 30.5 Å². The molecule has 0 radical (unpaired) electrons. The number of carboxylic acid groups (broad SMARTS) is 1. The highest BCUT2D eigenvalue weighted by atomic mass is 32.2. The second kappa shape index (κ2) is 6.21. The average Bonchev–Trinajstić information content (AvgIpc) is 2.28. The summed E-state index contributed by atoms with van der Waals surface area (Å²) >= 11 is 0. The highest BCUT2D eigenvalue weighted by molar-refractivity contribution is 7.90. The summed E-state index contributed by atoms with van der Waals surface area (Å²) in [6, 6.07) is 2.44. The van der Waals surface area contributed by atoms with Crippen molar-refractivity contribution in [3.63, 3.8) is 0 Å². The molecule has 0 saturated heterocycles. The molecule has 0 bridgehead atoms. The van der Waals surface area contributed by atoms with E-state index in [1.165, 1.54) is 12.1 Å². The monoisotopic (exact) mass is 303 g/mol. The number of aliphatic carboxylic acids is 1. The van der Waals surface area contributed by atoms with Crippen molar-refractivity contribution in [3.8, 4) is 0 Å². The molecule has 0 amide bonds. The Hall–Kier alpha value is -1.63. The maximum atomic E-state index is 13.8. The van der Waals surface area contributed by atoms with Gasteiger partial charge in [-0.3, -0.25) is 0 Å². The summed E-state index contributed by atoms with van der Waals surface area (Å²) in [4.78, 5) is 11.0. The molecule has 0 spiro atoms. The Bertz CT molecular complexity index is 598. The topological polar surface area (TPSA) is 83.5 Å². The van der Waals surface area contributed by atoms with Gasteiger partial charge in [-0.25, -0.2) is 17.6 Å². The Morgan fingerprint density at radius 3 is 2.40 bits per heavy atom. The highest BCUT2D eigenvalue weighted by Gasteiger charge is 2.20. The van der Waals surface area contributed by atoms with Gasteiger partial charge in [0.2, 0.25) is 0 Å². The molecule has 5 nitrogen and oxygen atoms in total. The smallest absolute Gasteiger partial charge is 0.326 e. The number of hydrogen-bond donors (Lipinski definition) is 2. The van der Waals surface area contributed by atoms with Crippen molar-refractivity contribution in [1.82, 2.24) is 0 Å². The summed E-state index contributed by atoms with van der Waals surface area (Å²) in [6.45, 7) is 3.72. The summed E-state index contributed by atoms with van der Waals surface area (Å²) < 4.78 is 36.4. The second-order valence-electron chi connectivity index (χ2n) is 5.08. The molecule has 0 aliphatic heterocycles. The van der Waals surface area contributed by atoms with Gasteiger partial charge in [-0.1, -0.05) is 13.8 Å². The van der Waals surface area contributed by atoms with Gasteiger partial charge in [0.05, 0.1) is 10.6 Å². The van der Waals surface area contributed by atoms with Gasteiger partial charge in [0.25, 0.3) is 0 Å². The molecule has 0 aliphatic carbocycles. The van der Waals surface area contributed by atoms with Crippen LogP contribution in [-0.4, -0.2) is 31.8 Å². The zero-order chi connectivity index (χ0) is 15.5. The number of halogens is 1. The van der Waals surface area contributed by atoms with Gasteiger partial charge in [0.15, 0.2) is 9.84 Å². The van der Waals surface area contributed by atoms with Crippen LogP contribution in [0.3, 0.4) is 0 Å². The summed E-state index contributed by atoms with van der Waals surface area (Å²) in [5.74, 6) is -1.74. The van der Waals surface area contributed by atoms with E-state index in [2.05, 4.69) is 5.32 Å². The fraction of sp³-hybridized carbons (Fsp3) is 0.462. The van der Waals surface area contributed by atoms with Crippen LogP contribution in [0.5, 0.6) is 0 Å². The second-order valence-corrected chi connectivity index (χ2v) is 7.09. The molecule has 1 aromatic rings. The first-order valence-electron chi connectivity index (χ1n) is 6.10. The predicted octanol–water partition coefficient (Wildman–Crippen LogP) is 2.14. The van der Waals surface area contributed by atoms with Crippen LogP contribution in [0.15, 0.2) is 23.1 Å². The van der Waals surface area contributed by atoms with Crippen LogP contribution in [0.4, 0.5) is 10.1 Å². The zero-order valence-corrected chi connectivity index (χ0v) is 12.4. The number of sulfone groups is 1. The maximum Gasteiger partial charge on any atom is 0.326 e. The van der Waals surface area contributed by atoms with Crippen molar-refractivity contribution in [2.75, 3.05) is 11.6 Å². The van der Waals surface area contributed by atoms with Crippen molar-refractivity contribution in [2.45, 2.75) is 31.2 Å². The van der Waals surface area contributed by atoms with Gasteiger partial charge in [-0.2, -0.15) is 0 Å². The van der Waals surface area contributed by atoms with E-state index in [0.29, 0.717) is 6.42 Å². The number of benzene rings is 1. The molecule has 20 heavy (non-hydrogen) atoms. The van der Waals surface area contributed by atoms with E-state index in [-0.39, 0.29) is 16.5 Å². The lowest BCUT2D eigenvalue weighted by Gasteiger charge is -2.18. The normalized spacial score (nSPS) is 13.2. The Balaban J connectivity index is 3.00. The third kappa shape index (κ3) is 4.48. The van der Waals surface area contributed by atoms with Gasteiger partial charge < -0.3 is 10.4 Å². The minimum Gasteiger partial charge on any atom is -0.480 e.